The highest BCUT2D eigenvalue weighted by Crippen LogP contribution is 2.26. The second-order valence-corrected chi connectivity index (χ2v) is 4.79. The van der Waals surface area contributed by atoms with E-state index in [1.54, 1.807) is 13.2 Å². The second-order valence-electron chi connectivity index (χ2n) is 4.79. The van der Waals surface area contributed by atoms with Gasteiger partial charge in [-0.3, -0.25) is 4.79 Å². The summed E-state index contributed by atoms with van der Waals surface area (Å²) in [6.07, 6.45) is 3.24. The maximum Gasteiger partial charge on any atom is 0.255 e. The Morgan fingerprint density at radius 3 is 2.53 bits per heavy atom. The van der Waals surface area contributed by atoms with Crippen molar-refractivity contribution in [3.8, 4) is 0 Å². The SMILES string of the molecule is C=CCN(C(=O)C1(OC)CCNCC1)C(C)C. The maximum absolute atomic E-state index is 12.6. The highest BCUT2D eigenvalue weighted by molar-refractivity contribution is 5.86. The third-order valence-electron chi connectivity index (χ3n) is 3.40. The Morgan fingerprint density at radius 1 is 1.53 bits per heavy atom. The molecule has 1 aliphatic rings. The van der Waals surface area contributed by atoms with Gasteiger partial charge in [0.25, 0.3) is 5.91 Å². The van der Waals surface area contributed by atoms with Crippen LogP contribution in [0.25, 0.3) is 0 Å². The van der Waals surface area contributed by atoms with Crippen molar-refractivity contribution in [2.75, 3.05) is 26.7 Å². The molecule has 0 radical (unpaired) electrons. The number of carbonyl (C=O) groups is 1. The zero-order chi connectivity index (χ0) is 12.9. The Morgan fingerprint density at radius 2 is 2.12 bits per heavy atom. The molecule has 4 nitrogen and oxygen atoms in total. The van der Waals surface area contributed by atoms with E-state index in [1.165, 1.54) is 0 Å². The zero-order valence-electron chi connectivity index (χ0n) is 11.2. The van der Waals surface area contributed by atoms with Crippen LogP contribution in [0, 0.1) is 0 Å². The summed E-state index contributed by atoms with van der Waals surface area (Å²) in [5.74, 6) is 0.0939. The van der Waals surface area contributed by atoms with Crippen LogP contribution in [0.1, 0.15) is 26.7 Å². The summed E-state index contributed by atoms with van der Waals surface area (Å²) in [7, 11) is 1.63. The van der Waals surface area contributed by atoms with E-state index in [9.17, 15) is 4.79 Å². The number of hydrogen-bond acceptors (Lipinski definition) is 3. The van der Waals surface area contributed by atoms with Gasteiger partial charge in [-0.1, -0.05) is 6.08 Å². The van der Waals surface area contributed by atoms with E-state index in [4.69, 9.17) is 4.74 Å². The van der Waals surface area contributed by atoms with Crippen molar-refractivity contribution in [1.29, 1.82) is 0 Å². The van der Waals surface area contributed by atoms with Crippen molar-refractivity contribution in [1.82, 2.24) is 10.2 Å². The Kier molecular flexibility index (Phi) is 5.15. The van der Waals surface area contributed by atoms with Gasteiger partial charge in [-0.25, -0.2) is 0 Å². The fraction of sp³-hybridized carbons (Fsp3) is 0.769. The summed E-state index contributed by atoms with van der Waals surface area (Å²) in [5, 5.41) is 3.26. The molecule has 0 aromatic rings. The van der Waals surface area contributed by atoms with Crippen LogP contribution in [0.4, 0.5) is 0 Å². The quantitative estimate of drug-likeness (QED) is 0.734. The van der Waals surface area contributed by atoms with Crippen molar-refractivity contribution in [3.05, 3.63) is 12.7 Å². The molecule has 98 valence electrons. The first-order valence-electron chi connectivity index (χ1n) is 6.25. The van der Waals surface area contributed by atoms with Crippen LogP contribution in [0.15, 0.2) is 12.7 Å². The summed E-state index contributed by atoms with van der Waals surface area (Å²) < 4.78 is 5.55. The van der Waals surface area contributed by atoms with Crippen molar-refractivity contribution >= 4 is 5.91 Å². The molecule has 1 amide bonds. The van der Waals surface area contributed by atoms with Crippen LogP contribution in [0.2, 0.25) is 0 Å². The van der Waals surface area contributed by atoms with E-state index in [1.807, 2.05) is 18.7 Å². The fourth-order valence-electron chi connectivity index (χ4n) is 2.26. The molecule has 1 heterocycles. The predicted octanol–water partition coefficient (Wildman–Crippen LogP) is 1.18. The lowest BCUT2D eigenvalue weighted by molar-refractivity contribution is -0.159. The number of carbonyl (C=O) groups excluding carboxylic acids is 1. The zero-order valence-corrected chi connectivity index (χ0v) is 11.2. The summed E-state index contributed by atoms with van der Waals surface area (Å²) in [4.78, 5) is 14.4. The highest BCUT2D eigenvalue weighted by atomic mass is 16.5. The molecule has 0 aliphatic carbocycles. The molecule has 0 bridgehead atoms. The molecular weight excluding hydrogens is 216 g/mol. The first-order chi connectivity index (χ1) is 8.07. The summed E-state index contributed by atoms with van der Waals surface area (Å²) in [5.41, 5.74) is -0.640. The lowest BCUT2D eigenvalue weighted by Gasteiger charge is -2.40. The summed E-state index contributed by atoms with van der Waals surface area (Å²) in [6.45, 7) is 10.00. The van der Waals surface area contributed by atoms with Crippen molar-refractivity contribution < 1.29 is 9.53 Å². The second kappa shape index (κ2) is 6.17. The summed E-state index contributed by atoms with van der Waals surface area (Å²) in [6, 6.07) is 0.169. The third kappa shape index (κ3) is 3.07. The van der Waals surface area contributed by atoms with Crippen LogP contribution in [-0.2, 0) is 9.53 Å². The number of rotatable bonds is 5. The molecule has 1 rings (SSSR count). The molecule has 17 heavy (non-hydrogen) atoms. The molecule has 0 spiro atoms. The standard InChI is InChI=1S/C13H24N2O2/c1-5-10-15(11(2)3)12(16)13(17-4)6-8-14-9-7-13/h5,11,14H,1,6-10H2,2-4H3. The largest absolute Gasteiger partial charge is 0.368 e. The van der Waals surface area contributed by atoms with Gasteiger partial charge in [0.15, 0.2) is 0 Å². The van der Waals surface area contributed by atoms with Gasteiger partial charge in [-0.2, -0.15) is 0 Å². The minimum atomic E-state index is -0.640. The molecule has 0 aromatic heterocycles. The normalized spacial score (nSPS) is 19.1. The topological polar surface area (TPSA) is 41.6 Å². The van der Waals surface area contributed by atoms with Crippen LogP contribution < -0.4 is 5.32 Å². The Balaban J connectivity index is 2.85. The van der Waals surface area contributed by atoms with Gasteiger partial charge < -0.3 is 15.0 Å². The Hall–Kier alpha value is -0.870. The van der Waals surface area contributed by atoms with Crippen molar-refractivity contribution in [2.45, 2.75) is 38.3 Å². The van der Waals surface area contributed by atoms with Gasteiger partial charge in [0.2, 0.25) is 0 Å². The Bertz CT molecular complexity index is 271. The molecule has 1 fully saturated rings. The highest BCUT2D eigenvalue weighted by Gasteiger charge is 2.42. The smallest absolute Gasteiger partial charge is 0.255 e. The molecule has 0 atom stereocenters. The first-order valence-corrected chi connectivity index (χ1v) is 6.25. The van der Waals surface area contributed by atoms with E-state index in [-0.39, 0.29) is 11.9 Å². The molecule has 0 aromatic carbocycles. The fourth-order valence-corrected chi connectivity index (χ4v) is 2.26. The summed E-state index contributed by atoms with van der Waals surface area (Å²) >= 11 is 0. The van der Waals surface area contributed by atoms with E-state index in [0.717, 1.165) is 25.9 Å². The van der Waals surface area contributed by atoms with Crippen LogP contribution >= 0.6 is 0 Å². The first kappa shape index (κ1) is 14.2. The minimum absolute atomic E-state index is 0.0939. The van der Waals surface area contributed by atoms with Gasteiger partial charge in [0.05, 0.1) is 0 Å². The van der Waals surface area contributed by atoms with Gasteiger partial charge in [0.1, 0.15) is 5.60 Å². The lowest BCUT2D eigenvalue weighted by Crippen LogP contribution is -2.56. The molecule has 1 aliphatic heterocycles. The van der Waals surface area contributed by atoms with E-state index >= 15 is 0 Å². The van der Waals surface area contributed by atoms with E-state index < -0.39 is 5.60 Å². The number of amides is 1. The van der Waals surface area contributed by atoms with Gasteiger partial charge in [-0.05, 0) is 39.8 Å². The third-order valence-corrected chi connectivity index (χ3v) is 3.40. The molecule has 1 N–H and O–H groups in total. The number of methoxy groups -OCH3 is 1. The van der Waals surface area contributed by atoms with Gasteiger partial charge >= 0.3 is 0 Å². The lowest BCUT2D eigenvalue weighted by atomic mass is 9.90. The van der Waals surface area contributed by atoms with Crippen LogP contribution in [0.3, 0.4) is 0 Å². The van der Waals surface area contributed by atoms with Gasteiger partial charge in [-0.15, -0.1) is 6.58 Å². The van der Waals surface area contributed by atoms with Crippen LogP contribution in [-0.4, -0.2) is 49.2 Å². The van der Waals surface area contributed by atoms with Crippen molar-refractivity contribution in [3.63, 3.8) is 0 Å². The van der Waals surface area contributed by atoms with E-state index in [2.05, 4.69) is 11.9 Å². The number of nitrogens with zero attached hydrogens (tertiary/aromatic N) is 1. The number of piperidine rings is 1. The number of hydrogen-bond donors (Lipinski definition) is 1. The molecule has 1 saturated heterocycles. The van der Waals surface area contributed by atoms with E-state index in [0.29, 0.717) is 6.54 Å². The average Bonchev–Trinajstić information content (AvgIpc) is 2.35. The number of nitrogens with one attached hydrogen (secondary N) is 1. The monoisotopic (exact) mass is 240 g/mol. The minimum Gasteiger partial charge on any atom is -0.368 e. The maximum atomic E-state index is 12.6. The molecule has 0 unspecified atom stereocenters. The molecule has 0 saturated carbocycles. The number of ether oxygens (including phenoxy) is 1. The Labute approximate surface area is 104 Å². The van der Waals surface area contributed by atoms with Gasteiger partial charge in [0, 0.05) is 19.7 Å². The average molecular weight is 240 g/mol. The van der Waals surface area contributed by atoms with Crippen LogP contribution in [0.5, 0.6) is 0 Å². The van der Waals surface area contributed by atoms with Crippen molar-refractivity contribution in [2.24, 2.45) is 0 Å². The molecule has 4 heteroatoms. The predicted molar refractivity (Wildman–Crippen MR) is 68.9 cm³/mol. The molecular formula is C13H24N2O2.